The number of carbonyl (C=O) groups is 1. The molecule has 7 nitrogen and oxygen atoms in total. The molecule has 0 bridgehead atoms. The van der Waals surface area contributed by atoms with E-state index >= 15 is 0 Å². The zero-order chi connectivity index (χ0) is 19.1. The van der Waals surface area contributed by atoms with Gasteiger partial charge in [-0.15, -0.1) is 10.2 Å². The average molecular weight is 386 g/mol. The van der Waals surface area contributed by atoms with Gasteiger partial charge in [0.2, 0.25) is 5.82 Å². The number of nitrogens with one attached hydrogen (secondary N) is 2. The van der Waals surface area contributed by atoms with Gasteiger partial charge in [0, 0.05) is 17.1 Å². The van der Waals surface area contributed by atoms with Crippen LogP contribution in [0.3, 0.4) is 0 Å². The van der Waals surface area contributed by atoms with Crippen LogP contribution in [0.5, 0.6) is 5.75 Å². The van der Waals surface area contributed by atoms with Crippen molar-refractivity contribution in [1.29, 1.82) is 0 Å². The van der Waals surface area contributed by atoms with Gasteiger partial charge in [-0.3, -0.25) is 4.79 Å². The van der Waals surface area contributed by atoms with Crippen LogP contribution in [0, 0.1) is 0 Å². The number of aromatic nitrogens is 4. The van der Waals surface area contributed by atoms with Crippen LogP contribution < -0.4 is 5.32 Å². The third kappa shape index (κ3) is 5.04. The van der Waals surface area contributed by atoms with E-state index in [1.807, 2.05) is 18.2 Å². The number of para-hydroxylation sites is 1. The molecular weight excluding hydrogens is 366 g/mol. The second-order valence-corrected chi connectivity index (χ2v) is 6.56. The van der Waals surface area contributed by atoms with Crippen LogP contribution in [-0.4, -0.2) is 38.2 Å². The summed E-state index contributed by atoms with van der Waals surface area (Å²) in [4.78, 5) is 12.0. The van der Waals surface area contributed by atoms with Crippen molar-refractivity contribution in [1.82, 2.24) is 25.9 Å². The predicted octanol–water partition coefficient (Wildman–Crippen LogP) is 3.37. The smallest absolute Gasteiger partial charge is 0.255 e. The van der Waals surface area contributed by atoms with Gasteiger partial charge >= 0.3 is 0 Å². The molecular formula is C19H20ClN5O2. The number of hydrogen-bond acceptors (Lipinski definition) is 5. The third-order valence-electron chi connectivity index (χ3n) is 4.21. The number of unbranched alkanes of at least 4 members (excludes halogenated alkanes) is 2. The summed E-state index contributed by atoms with van der Waals surface area (Å²) in [6, 6.07) is 12.1. The first kappa shape index (κ1) is 18.8. The molecule has 1 heterocycles. The van der Waals surface area contributed by atoms with E-state index in [1.54, 1.807) is 18.2 Å². The molecule has 0 fully saturated rings. The van der Waals surface area contributed by atoms with Crippen molar-refractivity contribution in [2.24, 2.45) is 0 Å². The highest BCUT2D eigenvalue weighted by molar-refractivity contribution is 6.30. The Morgan fingerprint density at radius 3 is 2.78 bits per heavy atom. The number of aromatic hydroxyl groups is 1. The van der Waals surface area contributed by atoms with Gasteiger partial charge in [-0.05, 0) is 60.4 Å². The number of hydrogen-bond donors (Lipinski definition) is 3. The zero-order valence-corrected chi connectivity index (χ0v) is 15.4. The number of H-pyrrole nitrogens is 1. The molecule has 1 aromatic heterocycles. The summed E-state index contributed by atoms with van der Waals surface area (Å²) in [6.07, 6.45) is 3.56. The van der Waals surface area contributed by atoms with E-state index in [4.69, 9.17) is 11.6 Å². The van der Waals surface area contributed by atoms with Gasteiger partial charge in [-0.2, -0.15) is 5.21 Å². The monoisotopic (exact) mass is 385 g/mol. The van der Waals surface area contributed by atoms with E-state index in [0.717, 1.165) is 36.8 Å². The lowest BCUT2D eigenvalue weighted by Gasteiger charge is -2.08. The number of aromatic amines is 1. The molecule has 2 aromatic carbocycles. The molecule has 140 valence electrons. The van der Waals surface area contributed by atoms with Crippen molar-refractivity contribution in [3.63, 3.8) is 0 Å². The molecule has 3 aromatic rings. The first-order valence-electron chi connectivity index (χ1n) is 8.73. The highest BCUT2D eigenvalue weighted by Crippen LogP contribution is 2.25. The Labute approximate surface area is 161 Å². The molecule has 3 N–H and O–H groups in total. The molecule has 0 unspecified atom stereocenters. The third-order valence-corrected chi connectivity index (χ3v) is 4.45. The van der Waals surface area contributed by atoms with Crippen LogP contribution in [0.4, 0.5) is 0 Å². The zero-order valence-electron chi connectivity index (χ0n) is 14.7. The molecule has 0 saturated carbocycles. The standard InChI is InChI=1S/C19H20ClN5O2/c20-14-9-10-15(18-22-24-25-23-18)13(12-14)6-2-1-5-11-21-19(27)16-7-3-4-8-17(16)26/h3-4,7-10,12,26H,1-2,5-6,11H2,(H,21,27)(H,22,23,24,25). The quantitative estimate of drug-likeness (QED) is 0.516. The van der Waals surface area contributed by atoms with Crippen LogP contribution in [0.2, 0.25) is 5.02 Å². The Morgan fingerprint density at radius 2 is 2.00 bits per heavy atom. The molecule has 0 aliphatic rings. The molecule has 1 amide bonds. The lowest BCUT2D eigenvalue weighted by atomic mass is 10.0. The van der Waals surface area contributed by atoms with Crippen molar-refractivity contribution in [2.75, 3.05) is 6.54 Å². The van der Waals surface area contributed by atoms with Crippen molar-refractivity contribution in [3.8, 4) is 17.1 Å². The maximum atomic E-state index is 12.0. The topological polar surface area (TPSA) is 104 Å². The molecule has 0 radical (unpaired) electrons. The number of amides is 1. The summed E-state index contributed by atoms with van der Waals surface area (Å²) >= 11 is 6.11. The molecule has 3 rings (SSSR count). The number of phenolic OH excluding ortho intramolecular Hbond substituents is 1. The lowest BCUT2D eigenvalue weighted by Crippen LogP contribution is -2.24. The normalized spacial score (nSPS) is 10.7. The fourth-order valence-electron chi connectivity index (χ4n) is 2.84. The summed E-state index contributed by atoms with van der Waals surface area (Å²) in [5.41, 5.74) is 2.28. The number of rotatable bonds is 8. The minimum Gasteiger partial charge on any atom is -0.507 e. The summed E-state index contributed by atoms with van der Waals surface area (Å²) < 4.78 is 0. The highest BCUT2D eigenvalue weighted by atomic mass is 35.5. The average Bonchev–Trinajstić information content (AvgIpc) is 3.19. The van der Waals surface area contributed by atoms with Gasteiger partial charge in [-0.1, -0.05) is 30.2 Å². The van der Waals surface area contributed by atoms with Crippen LogP contribution in [0.15, 0.2) is 42.5 Å². The SMILES string of the molecule is O=C(NCCCCCc1cc(Cl)ccc1-c1nn[nH]n1)c1ccccc1O. The first-order chi connectivity index (χ1) is 13.1. The summed E-state index contributed by atoms with van der Waals surface area (Å²) in [5, 5.41) is 27.3. The van der Waals surface area contributed by atoms with Crippen LogP contribution >= 0.6 is 11.6 Å². The molecule has 8 heteroatoms. The fourth-order valence-corrected chi connectivity index (χ4v) is 3.04. The number of phenols is 1. The van der Waals surface area contributed by atoms with E-state index in [-0.39, 0.29) is 11.7 Å². The molecule has 0 spiro atoms. The highest BCUT2D eigenvalue weighted by Gasteiger charge is 2.11. The molecule has 27 heavy (non-hydrogen) atoms. The maximum absolute atomic E-state index is 12.0. The van der Waals surface area contributed by atoms with E-state index in [1.165, 1.54) is 6.07 Å². The number of halogens is 1. The van der Waals surface area contributed by atoms with Crippen molar-refractivity contribution < 1.29 is 9.90 Å². The Morgan fingerprint density at radius 1 is 1.15 bits per heavy atom. The molecule has 0 atom stereocenters. The van der Waals surface area contributed by atoms with Crippen molar-refractivity contribution in [3.05, 3.63) is 58.6 Å². The Hall–Kier alpha value is -2.93. The number of carbonyl (C=O) groups excluding carboxylic acids is 1. The van der Waals surface area contributed by atoms with Gasteiger partial charge in [0.1, 0.15) is 5.75 Å². The Balaban J connectivity index is 1.45. The minimum absolute atomic E-state index is 0.00930. The van der Waals surface area contributed by atoms with Crippen LogP contribution in [0.1, 0.15) is 35.2 Å². The number of tetrazole rings is 1. The molecule has 0 saturated heterocycles. The van der Waals surface area contributed by atoms with Gasteiger partial charge < -0.3 is 10.4 Å². The van der Waals surface area contributed by atoms with Gasteiger partial charge in [0.25, 0.3) is 5.91 Å². The van der Waals surface area contributed by atoms with Gasteiger partial charge in [0.05, 0.1) is 5.56 Å². The van der Waals surface area contributed by atoms with E-state index in [9.17, 15) is 9.90 Å². The lowest BCUT2D eigenvalue weighted by molar-refractivity contribution is 0.0950. The summed E-state index contributed by atoms with van der Waals surface area (Å²) in [5.74, 6) is 0.281. The molecule has 0 aliphatic carbocycles. The van der Waals surface area contributed by atoms with Crippen LogP contribution in [0.25, 0.3) is 11.4 Å². The fraction of sp³-hybridized carbons (Fsp3) is 0.263. The Bertz CT molecular complexity index is 899. The number of aryl methyl sites for hydroxylation is 1. The van der Waals surface area contributed by atoms with Crippen LogP contribution in [-0.2, 0) is 6.42 Å². The molecule has 0 aliphatic heterocycles. The van der Waals surface area contributed by atoms with E-state index in [0.29, 0.717) is 23.0 Å². The summed E-state index contributed by atoms with van der Waals surface area (Å²) in [7, 11) is 0. The number of benzene rings is 2. The maximum Gasteiger partial charge on any atom is 0.255 e. The van der Waals surface area contributed by atoms with Gasteiger partial charge in [-0.25, -0.2) is 0 Å². The minimum atomic E-state index is -0.262. The number of nitrogens with zero attached hydrogens (tertiary/aromatic N) is 3. The van der Waals surface area contributed by atoms with Gasteiger partial charge in [0.15, 0.2) is 0 Å². The van der Waals surface area contributed by atoms with Crippen molar-refractivity contribution >= 4 is 17.5 Å². The largest absolute Gasteiger partial charge is 0.507 e. The van der Waals surface area contributed by atoms with Crippen molar-refractivity contribution in [2.45, 2.75) is 25.7 Å². The predicted molar refractivity (Wildman–Crippen MR) is 103 cm³/mol. The summed E-state index contributed by atoms with van der Waals surface area (Å²) in [6.45, 7) is 0.556. The second-order valence-electron chi connectivity index (χ2n) is 6.12. The van der Waals surface area contributed by atoms with E-state index in [2.05, 4.69) is 25.9 Å². The Kier molecular flexibility index (Phi) is 6.38. The second kappa shape index (κ2) is 9.14. The first-order valence-corrected chi connectivity index (χ1v) is 9.11. The van der Waals surface area contributed by atoms with E-state index < -0.39 is 0 Å².